The average Bonchev–Trinajstić information content (AvgIpc) is 2.33. The average molecular weight is 269 g/mol. The van der Waals surface area contributed by atoms with E-state index in [9.17, 15) is 14.7 Å². The molecule has 19 heavy (non-hydrogen) atoms. The van der Waals surface area contributed by atoms with Gasteiger partial charge in [-0.25, -0.2) is 4.79 Å². The van der Waals surface area contributed by atoms with E-state index in [-0.39, 0.29) is 11.5 Å². The number of carbonyl (C=O) groups is 2. The molecule has 1 amide bonds. The molecule has 108 valence electrons. The summed E-state index contributed by atoms with van der Waals surface area (Å²) >= 11 is 0. The number of aliphatic carboxylic acids is 1. The topological polar surface area (TPSA) is 66.8 Å². The van der Waals surface area contributed by atoms with Crippen molar-refractivity contribution in [3.8, 4) is 0 Å². The Bertz CT molecular complexity index is 359. The normalized spacial score (nSPS) is 29.7. The highest BCUT2D eigenvalue weighted by Crippen LogP contribution is 2.39. The maximum atomic E-state index is 12.4. The van der Waals surface area contributed by atoms with Crippen molar-refractivity contribution in [2.75, 3.05) is 13.7 Å². The van der Waals surface area contributed by atoms with Crippen LogP contribution >= 0.6 is 0 Å². The molecule has 1 heterocycles. The fraction of sp³-hybridized carbons (Fsp3) is 0.857. The summed E-state index contributed by atoms with van der Waals surface area (Å²) in [4.78, 5) is 25.2. The molecule has 5 nitrogen and oxygen atoms in total. The second kappa shape index (κ2) is 5.49. The number of likely N-dealkylation sites (tertiary alicyclic amines) is 1. The molecule has 0 radical (unpaired) electrons. The van der Waals surface area contributed by atoms with Crippen LogP contribution in [0.15, 0.2) is 0 Å². The molecule has 0 aromatic carbocycles. The minimum atomic E-state index is -0.889. The van der Waals surface area contributed by atoms with Crippen LogP contribution in [-0.4, -0.2) is 47.2 Å². The molecule has 2 atom stereocenters. The molecule has 1 saturated carbocycles. The molecule has 1 aliphatic carbocycles. The molecular formula is C14H23NO4. The Hall–Kier alpha value is -1.10. The zero-order valence-electron chi connectivity index (χ0n) is 11.7. The van der Waals surface area contributed by atoms with Gasteiger partial charge in [0.2, 0.25) is 5.91 Å². The summed E-state index contributed by atoms with van der Waals surface area (Å²) in [6.45, 7) is 2.59. The number of carboxylic acids is 1. The number of carbonyl (C=O) groups excluding carboxylic acids is 1. The third-order valence-electron chi connectivity index (χ3n) is 4.64. The smallest absolute Gasteiger partial charge is 0.326 e. The van der Waals surface area contributed by atoms with Crippen molar-refractivity contribution in [2.45, 2.75) is 57.1 Å². The van der Waals surface area contributed by atoms with Gasteiger partial charge in [0.1, 0.15) is 6.04 Å². The Balaban J connectivity index is 2.02. The van der Waals surface area contributed by atoms with Gasteiger partial charge in [0.15, 0.2) is 0 Å². The van der Waals surface area contributed by atoms with Crippen LogP contribution in [-0.2, 0) is 14.3 Å². The molecule has 0 spiro atoms. The Labute approximate surface area is 113 Å². The third-order valence-corrected chi connectivity index (χ3v) is 4.64. The molecule has 1 aliphatic heterocycles. The lowest BCUT2D eigenvalue weighted by atomic mass is 9.77. The number of piperidine rings is 1. The fourth-order valence-corrected chi connectivity index (χ4v) is 3.08. The summed E-state index contributed by atoms with van der Waals surface area (Å²) < 4.78 is 5.46. The number of hydrogen-bond donors (Lipinski definition) is 1. The van der Waals surface area contributed by atoms with Crippen molar-refractivity contribution in [3.63, 3.8) is 0 Å². The molecule has 1 N–H and O–H groups in total. The quantitative estimate of drug-likeness (QED) is 0.843. The van der Waals surface area contributed by atoms with Gasteiger partial charge < -0.3 is 14.7 Å². The molecule has 5 heteroatoms. The van der Waals surface area contributed by atoms with E-state index in [0.29, 0.717) is 25.3 Å². The first-order chi connectivity index (χ1) is 8.97. The van der Waals surface area contributed by atoms with Crippen LogP contribution in [0.5, 0.6) is 0 Å². The van der Waals surface area contributed by atoms with E-state index in [1.807, 2.05) is 6.92 Å². The zero-order chi connectivity index (χ0) is 14.0. The van der Waals surface area contributed by atoms with Crippen molar-refractivity contribution in [2.24, 2.45) is 5.92 Å². The number of amides is 1. The number of rotatable bonds is 4. The third kappa shape index (κ3) is 2.91. The highest BCUT2D eigenvalue weighted by atomic mass is 16.5. The van der Waals surface area contributed by atoms with Crippen LogP contribution < -0.4 is 0 Å². The van der Waals surface area contributed by atoms with Crippen LogP contribution in [0.25, 0.3) is 0 Å². The predicted octanol–water partition coefficient (Wildman–Crippen LogP) is 1.66. The minimum Gasteiger partial charge on any atom is -0.480 e. The molecule has 2 rings (SSSR count). The Kier molecular flexibility index (Phi) is 4.13. The van der Waals surface area contributed by atoms with Gasteiger partial charge >= 0.3 is 5.97 Å². The van der Waals surface area contributed by atoms with E-state index in [1.54, 1.807) is 12.0 Å². The van der Waals surface area contributed by atoms with Gasteiger partial charge in [-0.05, 0) is 38.0 Å². The summed E-state index contributed by atoms with van der Waals surface area (Å²) in [5.41, 5.74) is -0.330. The predicted molar refractivity (Wildman–Crippen MR) is 69.7 cm³/mol. The molecule has 0 aromatic heterocycles. The van der Waals surface area contributed by atoms with Crippen molar-refractivity contribution < 1.29 is 19.4 Å². The van der Waals surface area contributed by atoms with Crippen LogP contribution in [0.4, 0.5) is 0 Å². The Morgan fingerprint density at radius 2 is 2.11 bits per heavy atom. The van der Waals surface area contributed by atoms with E-state index < -0.39 is 12.0 Å². The monoisotopic (exact) mass is 269 g/mol. The first-order valence-electron chi connectivity index (χ1n) is 7.05. The first kappa shape index (κ1) is 14.3. The van der Waals surface area contributed by atoms with Crippen LogP contribution in [0.2, 0.25) is 0 Å². The number of methoxy groups -OCH3 is 1. The fourth-order valence-electron chi connectivity index (χ4n) is 3.08. The Morgan fingerprint density at radius 1 is 1.42 bits per heavy atom. The number of hydrogen-bond acceptors (Lipinski definition) is 3. The van der Waals surface area contributed by atoms with Gasteiger partial charge in [-0.15, -0.1) is 0 Å². The zero-order valence-corrected chi connectivity index (χ0v) is 11.7. The lowest BCUT2D eigenvalue weighted by Crippen LogP contribution is -2.53. The Morgan fingerprint density at radius 3 is 2.58 bits per heavy atom. The summed E-state index contributed by atoms with van der Waals surface area (Å²) in [6, 6.07) is -0.662. The molecule has 2 aliphatic rings. The van der Waals surface area contributed by atoms with E-state index in [2.05, 4.69) is 0 Å². The second-order valence-corrected chi connectivity index (χ2v) is 5.99. The van der Waals surface area contributed by atoms with Gasteiger partial charge in [-0.1, -0.05) is 6.92 Å². The van der Waals surface area contributed by atoms with Crippen molar-refractivity contribution in [3.05, 3.63) is 0 Å². The summed E-state index contributed by atoms with van der Waals surface area (Å²) in [7, 11) is 1.64. The van der Waals surface area contributed by atoms with Gasteiger partial charge in [-0.3, -0.25) is 4.79 Å². The van der Waals surface area contributed by atoms with Crippen LogP contribution in [0.1, 0.15) is 45.4 Å². The molecule has 1 saturated heterocycles. The second-order valence-electron chi connectivity index (χ2n) is 5.99. The lowest BCUT2D eigenvalue weighted by Gasteiger charge is -2.43. The standard InChI is InChI=1S/C14H23NO4/c1-10-4-7-15(11(8-10)13(17)18)12(16)9-14(19-2)5-3-6-14/h10-11H,3-9H2,1-2H3,(H,17,18). The van der Waals surface area contributed by atoms with Gasteiger partial charge in [-0.2, -0.15) is 0 Å². The van der Waals surface area contributed by atoms with E-state index in [1.165, 1.54) is 0 Å². The molecule has 0 aromatic rings. The largest absolute Gasteiger partial charge is 0.480 e. The molecule has 0 bridgehead atoms. The maximum absolute atomic E-state index is 12.4. The first-order valence-corrected chi connectivity index (χ1v) is 7.05. The van der Waals surface area contributed by atoms with Crippen LogP contribution in [0.3, 0.4) is 0 Å². The summed E-state index contributed by atoms with van der Waals surface area (Å²) in [5.74, 6) is -0.592. The van der Waals surface area contributed by atoms with Crippen molar-refractivity contribution >= 4 is 11.9 Å². The van der Waals surface area contributed by atoms with Gasteiger partial charge in [0, 0.05) is 13.7 Å². The summed E-state index contributed by atoms with van der Waals surface area (Å²) in [6.07, 6.45) is 4.65. The molecule has 2 unspecified atom stereocenters. The number of nitrogens with zero attached hydrogens (tertiary/aromatic N) is 1. The SMILES string of the molecule is COC1(CC(=O)N2CCC(C)CC2C(=O)O)CCC1. The molecule has 2 fully saturated rings. The maximum Gasteiger partial charge on any atom is 0.326 e. The lowest BCUT2D eigenvalue weighted by molar-refractivity contribution is -0.158. The van der Waals surface area contributed by atoms with E-state index in [4.69, 9.17) is 4.74 Å². The number of carboxylic acid groups (broad SMARTS) is 1. The van der Waals surface area contributed by atoms with E-state index >= 15 is 0 Å². The van der Waals surface area contributed by atoms with Crippen molar-refractivity contribution in [1.82, 2.24) is 4.90 Å². The van der Waals surface area contributed by atoms with Gasteiger partial charge in [0.05, 0.1) is 12.0 Å². The molecular weight excluding hydrogens is 246 g/mol. The highest BCUT2D eigenvalue weighted by Gasteiger charge is 2.42. The summed E-state index contributed by atoms with van der Waals surface area (Å²) in [5, 5.41) is 9.28. The van der Waals surface area contributed by atoms with Crippen molar-refractivity contribution in [1.29, 1.82) is 0 Å². The van der Waals surface area contributed by atoms with Crippen LogP contribution in [0, 0.1) is 5.92 Å². The number of ether oxygens (including phenoxy) is 1. The minimum absolute atomic E-state index is 0.0687. The highest BCUT2D eigenvalue weighted by molar-refractivity contribution is 5.84. The van der Waals surface area contributed by atoms with E-state index in [0.717, 1.165) is 25.7 Å². The van der Waals surface area contributed by atoms with Gasteiger partial charge in [0.25, 0.3) is 0 Å².